The van der Waals surface area contributed by atoms with Gasteiger partial charge in [-0.15, -0.1) is 13.2 Å². The van der Waals surface area contributed by atoms with Gasteiger partial charge in [-0.3, -0.25) is 4.79 Å². The molecule has 2 N–H and O–H groups in total. The van der Waals surface area contributed by atoms with Crippen LogP contribution in [0.25, 0.3) is 0 Å². The average Bonchev–Trinajstić information content (AvgIpc) is 2.53. The molecule has 4 nitrogen and oxygen atoms in total. The maximum absolute atomic E-state index is 12.4. The Morgan fingerprint density at radius 2 is 1.84 bits per heavy atom. The van der Waals surface area contributed by atoms with E-state index in [2.05, 4.69) is 4.74 Å². The first kappa shape index (κ1) is 18.8. The molecule has 25 heavy (non-hydrogen) atoms. The van der Waals surface area contributed by atoms with Crippen molar-refractivity contribution in [3.05, 3.63) is 65.2 Å². The third-order valence-electron chi connectivity index (χ3n) is 3.63. The van der Waals surface area contributed by atoms with Gasteiger partial charge in [0, 0.05) is 13.6 Å². The van der Waals surface area contributed by atoms with Crippen LogP contribution >= 0.6 is 0 Å². The molecule has 2 rings (SSSR count). The average molecular weight is 352 g/mol. The van der Waals surface area contributed by atoms with E-state index in [-0.39, 0.29) is 18.2 Å². The highest BCUT2D eigenvalue weighted by molar-refractivity contribution is 5.82. The minimum absolute atomic E-state index is 0.119. The van der Waals surface area contributed by atoms with Gasteiger partial charge < -0.3 is 15.4 Å². The van der Waals surface area contributed by atoms with E-state index in [1.807, 2.05) is 19.1 Å². The summed E-state index contributed by atoms with van der Waals surface area (Å²) < 4.78 is 40.7. The minimum atomic E-state index is -4.76. The zero-order valence-corrected chi connectivity index (χ0v) is 13.9. The largest absolute Gasteiger partial charge is 0.573 e. The number of carbonyl (C=O) groups is 1. The Morgan fingerprint density at radius 3 is 2.44 bits per heavy atom. The third kappa shape index (κ3) is 5.49. The molecule has 134 valence electrons. The number of hydrogen-bond donors (Lipinski definition) is 1. The van der Waals surface area contributed by atoms with Gasteiger partial charge in [0.05, 0.1) is 0 Å². The summed E-state index contributed by atoms with van der Waals surface area (Å²) in [5, 5.41) is 0. The highest BCUT2D eigenvalue weighted by Gasteiger charge is 2.31. The van der Waals surface area contributed by atoms with Gasteiger partial charge >= 0.3 is 6.36 Å². The van der Waals surface area contributed by atoms with Crippen molar-refractivity contribution < 1.29 is 22.7 Å². The van der Waals surface area contributed by atoms with Gasteiger partial charge in [0.2, 0.25) is 5.91 Å². The highest BCUT2D eigenvalue weighted by Crippen LogP contribution is 2.24. The predicted molar refractivity (Wildman–Crippen MR) is 87.7 cm³/mol. The molecule has 0 bridgehead atoms. The van der Waals surface area contributed by atoms with Crippen molar-refractivity contribution in [3.8, 4) is 5.75 Å². The number of aryl methyl sites for hydroxylation is 1. The lowest BCUT2D eigenvalue weighted by molar-refractivity contribution is -0.274. The van der Waals surface area contributed by atoms with E-state index >= 15 is 0 Å². The highest BCUT2D eigenvalue weighted by atomic mass is 19.4. The fourth-order valence-electron chi connectivity index (χ4n) is 2.35. The minimum Gasteiger partial charge on any atom is -0.406 e. The smallest absolute Gasteiger partial charge is 0.406 e. The fraction of sp³-hybridized carbons (Fsp3) is 0.278. The second-order valence-corrected chi connectivity index (χ2v) is 5.78. The molecule has 1 amide bonds. The van der Waals surface area contributed by atoms with E-state index in [0.717, 1.165) is 5.56 Å². The molecule has 0 radical (unpaired) electrons. The molecular formula is C18H19F3N2O2. The van der Waals surface area contributed by atoms with Crippen molar-refractivity contribution in [3.63, 3.8) is 0 Å². The summed E-state index contributed by atoms with van der Waals surface area (Å²) in [4.78, 5) is 13.8. The molecular weight excluding hydrogens is 333 g/mol. The maximum atomic E-state index is 12.4. The Hall–Kier alpha value is -2.54. The Morgan fingerprint density at radius 1 is 1.20 bits per heavy atom. The molecule has 7 heteroatoms. The summed E-state index contributed by atoms with van der Waals surface area (Å²) >= 11 is 0. The van der Waals surface area contributed by atoms with Crippen LogP contribution in [0.15, 0.2) is 48.5 Å². The van der Waals surface area contributed by atoms with Crippen molar-refractivity contribution in [2.45, 2.75) is 25.9 Å². The van der Waals surface area contributed by atoms with Crippen LogP contribution in [0.5, 0.6) is 5.75 Å². The number of halogens is 3. The number of alkyl halides is 3. The number of likely N-dealkylation sites (N-methyl/N-ethyl adjacent to an activating group) is 1. The Bertz CT molecular complexity index is 730. The molecule has 0 fully saturated rings. The molecule has 0 aliphatic heterocycles. The second-order valence-electron chi connectivity index (χ2n) is 5.78. The van der Waals surface area contributed by atoms with Crippen LogP contribution in [0.4, 0.5) is 13.2 Å². The van der Waals surface area contributed by atoms with E-state index in [4.69, 9.17) is 5.73 Å². The third-order valence-corrected chi connectivity index (χ3v) is 3.63. The molecule has 0 saturated carbocycles. The molecule has 0 aromatic heterocycles. The number of hydrogen-bond acceptors (Lipinski definition) is 3. The van der Waals surface area contributed by atoms with Crippen LogP contribution in [0.3, 0.4) is 0 Å². The monoisotopic (exact) mass is 352 g/mol. The van der Waals surface area contributed by atoms with Crippen LogP contribution in [0.2, 0.25) is 0 Å². The SMILES string of the molecule is Cc1ccc(C(N)C(=O)N(C)Cc2cccc(OC(F)(F)F)c2)cc1. The number of nitrogens with zero attached hydrogens (tertiary/aromatic N) is 1. The number of benzene rings is 2. The van der Waals surface area contributed by atoms with Gasteiger partial charge in [0.15, 0.2) is 0 Å². The number of rotatable bonds is 5. The second kappa shape index (κ2) is 7.57. The zero-order valence-electron chi connectivity index (χ0n) is 13.9. The number of carbonyl (C=O) groups excluding carboxylic acids is 1. The zero-order chi connectivity index (χ0) is 18.6. The number of ether oxygens (including phenoxy) is 1. The molecule has 1 unspecified atom stereocenters. The van der Waals surface area contributed by atoms with Crippen molar-refractivity contribution in [1.29, 1.82) is 0 Å². The predicted octanol–water partition coefficient (Wildman–Crippen LogP) is 3.55. The summed E-state index contributed by atoms with van der Waals surface area (Å²) in [6.45, 7) is 2.05. The summed E-state index contributed by atoms with van der Waals surface area (Å²) in [6, 6.07) is 12.0. The molecule has 0 spiro atoms. The van der Waals surface area contributed by atoms with Gasteiger partial charge in [0.25, 0.3) is 0 Å². The quantitative estimate of drug-likeness (QED) is 0.895. The van der Waals surface area contributed by atoms with Crippen LogP contribution in [-0.4, -0.2) is 24.2 Å². The van der Waals surface area contributed by atoms with Gasteiger partial charge in [0.1, 0.15) is 11.8 Å². The Kier molecular flexibility index (Phi) is 5.69. The van der Waals surface area contributed by atoms with Gasteiger partial charge in [-0.25, -0.2) is 0 Å². The molecule has 0 aliphatic rings. The van der Waals surface area contributed by atoms with Crippen molar-refractivity contribution in [2.24, 2.45) is 5.73 Å². The number of nitrogens with two attached hydrogens (primary N) is 1. The van der Waals surface area contributed by atoms with Gasteiger partial charge in [-0.2, -0.15) is 0 Å². The summed E-state index contributed by atoms with van der Waals surface area (Å²) in [6.07, 6.45) is -4.76. The molecule has 0 heterocycles. The lowest BCUT2D eigenvalue weighted by Crippen LogP contribution is -2.35. The van der Waals surface area contributed by atoms with E-state index < -0.39 is 12.4 Å². The first-order valence-corrected chi connectivity index (χ1v) is 7.57. The standard InChI is InChI=1S/C18H19F3N2O2/c1-12-6-8-14(9-7-12)16(22)17(24)23(2)11-13-4-3-5-15(10-13)25-18(19,20)21/h3-10,16H,11,22H2,1-2H3. The first-order chi connectivity index (χ1) is 11.7. The Labute approximate surface area is 144 Å². The molecule has 0 aliphatic carbocycles. The van der Waals surface area contributed by atoms with E-state index in [1.54, 1.807) is 25.2 Å². The molecule has 2 aromatic carbocycles. The fourth-order valence-corrected chi connectivity index (χ4v) is 2.35. The first-order valence-electron chi connectivity index (χ1n) is 7.57. The summed E-state index contributed by atoms with van der Waals surface area (Å²) in [7, 11) is 1.55. The van der Waals surface area contributed by atoms with Crippen LogP contribution < -0.4 is 10.5 Å². The van der Waals surface area contributed by atoms with Crippen molar-refractivity contribution in [1.82, 2.24) is 4.90 Å². The maximum Gasteiger partial charge on any atom is 0.573 e. The van der Waals surface area contributed by atoms with Crippen LogP contribution in [0.1, 0.15) is 22.7 Å². The molecule has 0 saturated heterocycles. The molecule has 2 aromatic rings. The van der Waals surface area contributed by atoms with E-state index in [9.17, 15) is 18.0 Å². The van der Waals surface area contributed by atoms with Gasteiger partial charge in [-0.1, -0.05) is 42.0 Å². The summed E-state index contributed by atoms with van der Waals surface area (Å²) in [5.74, 6) is -0.653. The topological polar surface area (TPSA) is 55.6 Å². The van der Waals surface area contributed by atoms with Crippen LogP contribution in [-0.2, 0) is 11.3 Å². The van der Waals surface area contributed by atoms with Crippen molar-refractivity contribution >= 4 is 5.91 Å². The van der Waals surface area contributed by atoms with E-state index in [1.165, 1.54) is 23.1 Å². The lowest BCUT2D eigenvalue weighted by Gasteiger charge is -2.22. The summed E-state index contributed by atoms with van der Waals surface area (Å²) in [5.41, 5.74) is 8.23. The van der Waals surface area contributed by atoms with E-state index in [0.29, 0.717) is 11.1 Å². The van der Waals surface area contributed by atoms with Crippen LogP contribution in [0, 0.1) is 6.92 Å². The normalized spacial score (nSPS) is 12.6. The van der Waals surface area contributed by atoms with Gasteiger partial charge in [-0.05, 0) is 30.2 Å². The van der Waals surface area contributed by atoms with Crippen molar-refractivity contribution in [2.75, 3.05) is 7.05 Å². The number of amides is 1. The lowest BCUT2D eigenvalue weighted by atomic mass is 10.0. The molecule has 1 atom stereocenters. The Balaban J connectivity index is 2.05.